The quantitative estimate of drug-likeness (QED) is 0.720. The molecule has 0 N–H and O–H groups in total. The molecule has 0 atom stereocenters. The van der Waals surface area contributed by atoms with Crippen molar-refractivity contribution in [2.45, 2.75) is 0 Å². The van der Waals surface area contributed by atoms with Crippen LogP contribution in [-0.2, 0) is 0 Å². The van der Waals surface area contributed by atoms with Gasteiger partial charge >= 0.3 is 0 Å². The first-order valence-electron chi connectivity index (χ1n) is 5.02. The molecule has 1 aromatic rings. The average Bonchev–Trinajstić information content (AvgIpc) is 2.12. The van der Waals surface area contributed by atoms with Crippen molar-refractivity contribution in [3.05, 3.63) is 22.3 Å². The summed E-state index contributed by atoms with van der Waals surface area (Å²) in [6, 6.07) is 1.37. The highest BCUT2D eigenvalue weighted by atomic mass is 79.9. The van der Waals surface area contributed by atoms with Gasteiger partial charge in [0.25, 0.3) is 0 Å². The molecule has 0 aliphatic carbocycles. The van der Waals surface area contributed by atoms with E-state index in [1.54, 1.807) is 6.07 Å². The summed E-state index contributed by atoms with van der Waals surface area (Å²) in [5, 5.41) is 8.78. The summed E-state index contributed by atoms with van der Waals surface area (Å²) >= 11 is 2.92. The fourth-order valence-corrected chi connectivity index (χ4v) is 0.858. The molecule has 0 aliphatic rings. The van der Waals surface area contributed by atoms with Crippen LogP contribution in [0.25, 0.3) is 0 Å². The zero-order valence-electron chi connectivity index (χ0n) is 10.2. The van der Waals surface area contributed by atoms with Gasteiger partial charge in [-0.05, 0) is 22.0 Å². The SMILES string of the molecule is [2H]c1nc(OC([2H])([2H])[2H])c(C#N)c(Br)c1[2H]. The number of rotatable bonds is 1. The number of nitrogens with zero attached hydrogens (tertiary/aromatic N) is 2. The van der Waals surface area contributed by atoms with E-state index in [1.165, 1.54) is 0 Å². The summed E-state index contributed by atoms with van der Waals surface area (Å²) in [4.78, 5) is 3.43. The Hall–Kier alpha value is -1.08. The fraction of sp³-hybridized carbons (Fsp3) is 0.143. The summed E-state index contributed by atoms with van der Waals surface area (Å²) in [5.74, 6) is -0.477. The second-order valence-corrected chi connectivity index (χ2v) is 2.35. The zero-order valence-corrected chi connectivity index (χ0v) is 6.77. The topological polar surface area (TPSA) is 45.9 Å². The number of methoxy groups -OCH3 is 1. The summed E-state index contributed by atoms with van der Waals surface area (Å²) in [6.45, 7) is 0. The lowest BCUT2D eigenvalue weighted by Crippen LogP contribution is -1.91. The molecular formula is C7H5BrN2O. The molecule has 0 radical (unpaired) electrons. The minimum absolute atomic E-state index is 0.00532. The van der Waals surface area contributed by atoms with E-state index < -0.39 is 19.1 Å². The maximum absolute atomic E-state index is 8.78. The zero-order chi connectivity index (χ0) is 12.5. The second-order valence-electron chi connectivity index (χ2n) is 1.56. The molecule has 0 unspecified atom stereocenters. The van der Waals surface area contributed by atoms with Gasteiger partial charge < -0.3 is 4.74 Å². The first-order chi connectivity index (χ1) is 7.26. The van der Waals surface area contributed by atoms with Crippen molar-refractivity contribution in [1.29, 1.82) is 5.26 Å². The summed E-state index contributed by atoms with van der Waals surface area (Å²) in [6.07, 6.45) is -0.467. The fourth-order valence-electron chi connectivity index (χ4n) is 0.511. The van der Waals surface area contributed by atoms with Gasteiger partial charge in [-0.2, -0.15) is 5.26 Å². The molecule has 0 fully saturated rings. The molecule has 1 rings (SSSR count). The second kappa shape index (κ2) is 3.35. The highest BCUT2D eigenvalue weighted by Crippen LogP contribution is 2.22. The van der Waals surface area contributed by atoms with Crippen molar-refractivity contribution in [2.24, 2.45) is 0 Å². The first-order valence-corrected chi connectivity index (χ1v) is 3.31. The van der Waals surface area contributed by atoms with Crippen molar-refractivity contribution >= 4 is 15.9 Å². The van der Waals surface area contributed by atoms with Crippen molar-refractivity contribution in [2.75, 3.05) is 7.04 Å². The van der Waals surface area contributed by atoms with Gasteiger partial charge in [0.15, 0.2) is 0 Å². The molecule has 1 aromatic heterocycles. The van der Waals surface area contributed by atoms with Gasteiger partial charge in [0.2, 0.25) is 5.88 Å². The molecule has 0 spiro atoms. The van der Waals surface area contributed by atoms with Gasteiger partial charge in [-0.15, -0.1) is 0 Å². The van der Waals surface area contributed by atoms with Crippen LogP contribution in [0.3, 0.4) is 0 Å². The lowest BCUT2D eigenvalue weighted by molar-refractivity contribution is 0.396. The Labute approximate surface area is 79.8 Å². The van der Waals surface area contributed by atoms with Gasteiger partial charge in [0, 0.05) is 10.6 Å². The standard InChI is InChI=1S/C7H5BrN2O/c1-11-7-5(4-9)6(8)2-3-10-7/h2-3H,1H3/i1D3,2D,3D. The Balaban J connectivity index is 3.36. The van der Waals surface area contributed by atoms with Crippen molar-refractivity contribution < 1.29 is 11.6 Å². The predicted molar refractivity (Wildman–Crippen MR) is 43.2 cm³/mol. The van der Waals surface area contributed by atoms with E-state index in [9.17, 15) is 0 Å². The molecule has 0 saturated heterocycles. The van der Waals surface area contributed by atoms with Gasteiger partial charge in [-0.1, -0.05) is 0 Å². The van der Waals surface area contributed by atoms with Crippen molar-refractivity contribution in [1.82, 2.24) is 4.98 Å². The Kier molecular flexibility index (Phi) is 1.08. The van der Waals surface area contributed by atoms with Crippen LogP contribution in [0.1, 0.15) is 12.4 Å². The number of nitriles is 1. The third kappa shape index (κ3) is 1.49. The van der Waals surface area contributed by atoms with Crippen LogP contribution in [0.2, 0.25) is 0 Å². The van der Waals surface area contributed by atoms with Crippen LogP contribution in [0, 0.1) is 11.3 Å². The van der Waals surface area contributed by atoms with E-state index in [-0.39, 0.29) is 16.1 Å². The molecule has 3 nitrogen and oxygen atoms in total. The summed E-state index contributed by atoms with van der Waals surface area (Å²) in [5.41, 5.74) is -0.211. The number of hydrogen-bond acceptors (Lipinski definition) is 3. The van der Waals surface area contributed by atoms with Crippen LogP contribution >= 0.6 is 15.9 Å². The third-order valence-corrected chi connectivity index (χ3v) is 1.56. The van der Waals surface area contributed by atoms with E-state index in [4.69, 9.17) is 12.1 Å². The summed E-state index contributed by atoms with van der Waals surface area (Å²) in [7, 11) is -2.76. The van der Waals surface area contributed by atoms with E-state index >= 15 is 0 Å². The predicted octanol–water partition coefficient (Wildman–Crippen LogP) is 1.72. The molecule has 0 amide bonds. The maximum atomic E-state index is 8.78. The Morgan fingerprint density at radius 1 is 2.00 bits per heavy atom. The van der Waals surface area contributed by atoms with Gasteiger partial charge in [-0.25, -0.2) is 4.98 Å². The number of hydrogen-bond donors (Lipinski definition) is 0. The Morgan fingerprint density at radius 3 is 3.45 bits per heavy atom. The van der Waals surface area contributed by atoms with Gasteiger partial charge in [0.05, 0.1) is 13.9 Å². The van der Waals surface area contributed by atoms with Crippen molar-refractivity contribution in [3.8, 4) is 11.9 Å². The van der Waals surface area contributed by atoms with Gasteiger partial charge in [0.1, 0.15) is 11.6 Å². The van der Waals surface area contributed by atoms with Crippen LogP contribution in [0.4, 0.5) is 0 Å². The highest BCUT2D eigenvalue weighted by Gasteiger charge is 2.05. The van der Waals surface area contributed by atoms with Crippen LogP contribution < -0.4 is 4.74 Å². The van der Waals surface area contributed by atoms with E-state index in [0.29, 0.717) is 0 Å². The van der Waals surface area contributed by atoms with Crippen LogP contribution in [0.15, 0.2) is 16.7 Å². The lowest BCUT2D eigenvalue weighted by Gasteiger charge is -2.00. The number of ether oxygens (including phenoxy) is 1. The number of pyridine rings is 1. The molecule has 1 heterocycles. The minimum Gasteiger partial charge on any atom is -0.480 e. The molecular weight excluding hydrogens is 208 g/mol. The molecule has 0 aliphatic heterocycles. The largest absolute Gasteiger partial charge is 0.480 e. The molecule has 0 bridgehead atoms. The first kappa shape index (κ1) is 3.55. The molecule has 0 aromatic carbocycles. The molecule has 11 heavy (non-hydrogen) atoms. The Morgan fingerprint density at radius 2 is 2.82 bits per heavy atom. The Bertz CT molecular complexity index is 467. The van der Waals surface area contributed by atoms with E-state index in [0.717, 1.165) is 0 Å². The summed E-state index contributed by atoms with van der Waals surface area (Å²) < 4.78 is 39.7. The maximum Gasteiger partial charge on any atom is 0.232 e. The monoisotopic (exact) mass is 217 g/mol. The number of halogens is 1. The minimum atomic E-state index is -2.76. The molecule has 0 saturated carbocycles. The molecule has 56 valence electrons. The van der Waals surface area contributed by atoms with Gasteiger partial charge in [-0.3, -0.25) is 0 Å². The van der Waals surface area contributed by atoms with Crippen molar-refractivity contribution in [3.63, 3.8) is 0 Å². The van der Waals surface area contributed by atoms with E-state index in [2.05, 4.69) is 25.7 Å². The van der Waals surface area contributed by atoms with Crippen LogP contribution in [0.5, 0.6) is 5.88 Å². The van der Waals surface area contributed by atoms with E-state index in [1.807, 2.05) is 0 Å². The number of aromatic nitrogens is 1. The van der Waals surface area contributed by atoms with Crippen LogP contribution in [-0.4, -0.2) is 12.0 Å². The smallest absolute Gasteiger partial charge is 0.232 e. The lowest BCUT2D eigenvalue weighted by atomic mass is 10.3. The third-order valence-electron chi connectivity index (χ3n) is 0.965. The average molecular weight is 218 g/mol. The highest BCUT2D eigenvalue weighted by molar-refractivity contribution is 9.10. The molecule has 4 heteroatoms. The normalized spacial score (nSPS) is 16.5.